The summed E-state index contributed by atoms with van der Waals surface area (Å²) in [6.45, 7) is 0. The van der Waals surface area contributed by atoms with Crippen molar-refractivity contribution >= 4 is 23.1 Å². The molecule has 0 fully saturated rings. The number of aromatic nitrogens is 1. The van der Waals surface area contributed by atoms with Gasteiger partial charge in [0, 0.05) is 17.7 Å². The molecule has 0 saturated heterocycles. The van der Waals surface area contributed by atoms with E-state index in [1.165, 1.54) is 0 Å². The van der Waals surface area contributed by atoms with Crippen LogP contribution in [0.15, 0.2) is 51.7 Å². The Balaban J connectivity index is 1.98. The van der Waals surface area contributed by atoms with Gasteiger partial charge in [-0.2, -0.15) is 4.98 Å². The largest absolute Gasteiger partial charge is 0.497 e. The first kappa shape index (κ1) is 14.8. The summed E-state index contributed by atoms with van der Waals surface area (Å²) in [4.78, 5) is 15.9. The van der Waals surface area contributed by atoms with Crippen LogP contribution in [-0.4, -0.2) is 19.2 Å². The third-order valence-electron chi connectivity index (χ3n) is 3.39. The standard InChI is InChI=1S/C18H15NO4/c1-21-13-9-7-12(16(11-13)22-2)8-10-17-19-18(20)14-5-3-4-6-15(14)23-17/h3-11H,1-2H3/b10-8+. The molecular formula is C18H15NO4. The highest BCUT2D eigenvalue weighted by Gasteiger charge is 2.05. The molecule has 1 heterocycles. The summed E-state index contributed by atoms with van der Waals surface area (Å²) in [7, 11) is 3.18. The Morgan fingerprint density at radius 3 is 2.65 bits per heavy atom. The number of rotatable bonds is 4. The predicted molar refractivity (Wildman–Crippen MR) is 88.8 cm³/mol. The second-order valence-electron chi connectivity index (χ2n) is 4.79. The first-order chi connectivity index (χ1) is 11.2. The predicted octanol–water partition coefficient (Wildman–Crippen LogP) is 3.38. The van der Waals surface area contributed by atoms with Crippen LogP contribution < -0.4 is 15.0 Å². The lowest BCUT2D eigenvalue weighted by Crippen LogP contribution is -2.06. The Morgan fingerprint density at radius 2 is 1.87 bits per heavy atom. The fourth-order valence-corrected chi connectivity index (χ4v) is 2.22. The number of nitrogens with zero attached hydrogens (tertiary/aromatic N) is 1. The summed E-state index contributed by atoms with van der Waals surface area (Å²) in [5.41, 5.74) is 1.02. The summed E-state index contributed by atoms with van der Waals surface area (Å²) >= 11 is 0. The van der Waals surface area contributed by atoms with E-state index in [2.05, 4.69) is 4.98 Å². The molecule has 0 saturated carbocycles. The summed E-state index contributed by atoms with van der Waals surface area (Å²) in [5.74, 6) is 1.60. The Bertz CT molecular complexity index is 928. The molecule has 0 N–H and O–H groups in total. The normalized spacial score (nSPS) is 11.0. The molecule has 0 radical (unpaired) electrons. The van der Waals surface area contributed by atoms with E-state index in [9.17, 15) is 4.79 Å². The topological polar surface area (TPSA) is 61.6 Å². The van der Waals surface area contributed by atoms with Crippen molar-refractivity contribution in [3.8, 4) is 11.5 Å². The fourth-order valence-electron chi connectivity index (χ4n) is 2.22. The molecule has 5 heteroatoms. The van der Waals surface area contributed by atoms with E-state index >= 15 is 0 Å². The molecular weight excluding hydrogens is 294 g/mol. The number of fused-ring (bicyclic) bond motifs is 1. The molecule has 0 bridgehead atoms. The quantitative estimate of drug-likeness (QED) is 0.739. The molecule has 116 valence electrons. The Kier molecular flexibility index (Phi) is 4.10. The Hall–Kier alpha value is -3.08. The molecule has 0 aliphatic rings. The van der Waals surface area contributed by atoms with E-state index in [0.717, 1.165) is 5.56 Å². The van der Waals surface area contributed by atoms with Crippen molar-refractivity contribution in [2.75, 3.05) is 14.2 Å². The molecule has 2 aromatic carbocycles. The molecule has 0 atom stereocenters. The Labute approximate surface area is 132 Å². The van der Waals surface area contributed by atoms with Gasteiger partial charge in [0.25, 0.3) is 5.56 Å². The first-order valence-corrected chi connectivity index (χ1v) is 7.01. The van der Waals surface area contributed by atoms with Crippen molar-refractivity contribution < 1.29 is 13.9 Å². The van der Waals surface area contributed by atoms with Crippen LogP contribution in [0.4, 0.5) is 0 Å². The van der Waals surface area contributed by atoms with Crippen LogP contribution in [0.25, 0.3) is 23.1 Å². The van der Waals surface area contributed by atoms with E-state index < -0.39 is 0 Å². The lowest BCUT2D eigenvalue weighted by molar-refractivity contribution is 0.394. The number of hydrogen-bond donors (Lipinski definition) is 0. The van der Waals surface area contributed by atoms with Crippen LogP contribution in [-0.2, 0) is 0 Å². The zero-order chi connectivity index (χ0) is 16.2. The maximum Gasteiger partial charge on any atom is 0.284 e. The molecule has 1 aromatic heterocycles. The number of hydrogen-bond acceptors (Lipinski definition) is 5. The van der Waals surface area contributed by atoms with Crippen molar-refractivity contribution in [3.63, 3.8) is 0 Å². The van der Waals surface area contributed by atoms with Crippen molar-refractivity contribution in [2.24, 2.45) is 0 Å². The molecule has 0 amide bonds. The number of benzene rings is 2. The van der Waals surface area contributed by atoms with Gasteiger partial charge in [0.15, 0.2) is 0 Å². The molecule has 0 aliphatic heterocycles. The van der Waals surface area contributed by atoms with Gasteiger partial charge in [0.1, 0.15) is 17.1 Å². The van der Waals surface area contributed by atoms with Gasteiger partial charge in [0.05, 0.1) is 19.6 Å². The fraction of sp³-hybridized carbons (Fsp3) is 0.111. The zero-order valence-corrected chi connectivity index (χ0v) is 12.8. The second-order valence-corrected chi connectivity index (χ2v) is 4.79. The molecule has 0 unspecified atom stereocenters. The smallest absolute Gasteiger partial charge is 0.284 e. The van der Waals surface area contributed by atoms with Gasteiger partial charge in [0.2, 0.25) is 5.89 Å². The monoisotopic (exact) mass is 309 g/mol. The maximum atomic E-state index is 12.0. The van der Waals surface area contributed by atoms with E-state index in [1.807, 2.05) is 18.2 Å². The van der Waals surface area contributed by atoms with Gasteiger partial charge in [-0.15, -0.1) is 0 Å². The van der Waals surface area contributed by atoms with Crippen LogP contribution in [0, 0.1) is 0 Å². The van der Waals surface area contributed by atoms with Gasteiger partial charge >= 0.3 is 0 Å². The van der Waals surface area contributed by atoms with E-state index in [0.29, 0.717) is 22.5 Å². The summed E-state index contributed by atoms with van der Waals surface area (Å²) < 4.78 is 16.1. The van der Waals surface area contributed by atoms with E-state index in [4.69, 9.17) is 13.9 Å². The van der Waals surface area contributed by atoms with Gasteiger partial charge in [-0.3, -0.25) is 4.79 Å². The van der Waals surface area contributed by atoms with E-state index in [1.54, 1.807) is 50.6 Å². The zero-order valence-electron chi connectivity index (χ0n) is 12.8. The van der Waals surface area contributed by atoms with E-state index in [-0.39, 0.29) is 11.4 Å². The minimum absolute atomic E-state index is 0.242. The minimum Gasteiger partial charge on any atom is -0.497 e. The van der Waals surface area contributed by atoms with Crippen LogP contribution in [0.3, 0.4) is 0 Å². The number of para-hydroxylation sites is 1. The average molecular weight is 309 g/mol. The van der Waals surface area contributed by atoms with Crippen molar-refractivity contribution in [3.05, 3.63) is 64.3 Å². The minimum atomic E-state index is -0.312. The lowest BCUT2D eigenvalue weighted by atomic mass is 10.1. The van der Waals surface area contributed by atoms with Crippen LogP contribution in [0.2, 0.25) is 0 Å². The summed E-state index contributed by atoms with van der Waals surface area (Å²) in [6.07, 6.45) is 3.41. The molecule has 5 nitrogen and oxygen atoms in total. The molecule has 0 spiro atoms. The first-order valence-electron chi connectivity index (χ1n) is 7.01. The van der Waals surface area contributed by atoms with Crippen LogP contribution in [0.5, 0.6) is 11.5 Å². The van der Waals surface area contributed by atoms with Crippen LogP contribution in [0.1, 0.15) is 11.5 Å². The number of ether oxygens (including phenoxy) is 2. The maximum absolute atomic E-state index is 12.0. The molecule has 3 aromatic rings. The van der Waals surface area contributed by atoms with Crippen molar-refractivity contribution in [2.45, 2.75) is 0 Å². The molecule has 3 rings (SSSR count). The van der Waals surface area contributed by atoms with Gasteiger partial charge < -0.3 is 13.9 Å². The summed E-state index contributed by atoms with van der Waals surface area (Å²) in [5, 5.41) is 0.465. The third-order valence-corrected chi connectivity index (χ3v) is 3.39. The van der Waals surface area contributed by atoms with Crippen LogP contribution >= 0.6 is 0 Å². The molecule has 0 aliphatic carbocycles. The van der Waals surface area contributed by atoms with Gasteiger partial charge in [-0.05, 0) is 30.3 Å². The highest BCUT2D eigenvalue weighted by Crippen LogP contribution is 2.26. The van der Waals surface area contributed by atoms with Gasteiger partial charge in [-0.25, -0.2) is 0 Å². The Morgan fingerprint density at radius 1 is 1.04 bits per heavy atom. The third kappa shape index (κ3) is 3.08. The molecule has 23 heavy (non-hydrogen) atoms. The second kappa shape index (κ2) is 6.36. The van der Waals surface area contributed by atoms with Gasteiger partial charge in [-0.1, -0.05) is 12.1 Å². The highest BCUT2D eigenvalue weighted by atomic mass is 16.5. The SMILES string of the molecule is COc1ccc(/C=C/c2nc(=O)c3ccccc3o2)c(OC)c1. The number of methoxy groups -OCH3 is 2. The van der Waals surface area contributed by atoms with Crippen molar-refractivity contribution in [1.82, 2.24) is 4.98 Å². The highest BCUT2D eigenvalue weighted by molar-refractivity contribution is 5.77. The summed E-state index contributed by atoms with van der Waals surface area (Å²) in [6, 6.07) is 12.5. The lowest BCUT2D eigenvalue weighted by Gasteiger charge is -2.07. The average Bonchev–Trinajstić information content (AvgIpc) is 2.60. The van der Waals surface area contributed by atoms with Crippen molar-refractivity contribution in [1.29, 1.82) is 0 Å².